The van der Waals surface area contributed by atoms with Crippen LogP contribution in [0.2, 0.25) is 5.02 Å². The molecule has 0 fully saturated rings. The Morgan fingerprint density at radius 3 is 2.65 bits per heavy atom. The van der Waals surface area contributed by atoms with Crippen molar-refractivity contribution in [3.63, 3.8) is 0 Å². The molecule has 1 amide bonds. The summed E-state index contributed by atoms with van der Waals surface area (Å²) in [4.78, 5) is 23.1. The first kappa shape index (κ1) is 17.6. The summed E-state index contributed by atoms with van der Waals surface area (Å²) in [6, 6.07) is 13.4. The van der Waals surface area contributed by atoms with Gasteiger partial charge in [0.2, 0.25) is 0 Å². The zero-order valence-corrected chi connectivity index (χ0v) is 14.6. The van der Waals surface area contributed by atoms with E-state index in [1.54, 1.807) is 42.1 Å². The van der Waals surface area contributed by atoms with Crippen LogP contribution in [0.25, 0.3) is 0 Å². The summed E-state index contributed by atoms with van der Waals surface area (Å²) in [6.45, 7) is 2.01. The van der Waals surface area contributed by atoms with Gasteiger partial charge in [-0.15, -0.1) is 0 Å². The molecule has 26 heavy (non-hydrogen) atoms. The minimum absolute atomic E-state index is 0.0904. The van der Waals surface area contributed by atoms with Crippen molar-refractivity contribution < 1.29 is 9.72 Å². The van der Waals surface area contributed by atoms with Crippen molar-refractivity contribution in [3.05, 3.63) is 86.6 Å². The highest BCUT2D eigenvalue weighted by atomic mass is 35.5. The Bertz CT molecular complexity index is 967. The van der Waals surface area contributed by atoms with Gasteiger partial charge in [-0.25, -0.2) is 4.68 Å². The maximum absolute atomic E-state index is 12.6. The number of anilines is 1. The van der Waals surface area contributed by atoms with Crippen molar-refractivity contribution >= 4 is 29.0 Å². The van der Waals surface area contributed by atoms with Gasteiger partial charge in [-0.2, -0.15) is 5.10 Å². The topological polar surface area (TPSA) is 90.1 Å². The molecule has 3 rings (SSSR count). The first-order valence-electron chi connectivity index (χ1n) is 7.77. The summed E-state index contributed by atoms with van der Waals surface area (Å²) in [6.07, 6.45) is 1.58. The van der Waals surface area contributed by atoms with E-state index in [1.807, 2.05) is 12.1 Å². The largest absolute Gasteiger partial charge is 0.307 e. The third kappa shape index (κ3) is 3.73. The molecule has 132 valence electrons. The first-order valence-corrected chi connectivity index (χ1v) is 8.15. The number of nitrogens with one attached hydrogen (secondary N) is 1. The molecule has 8 heteroatoms. The Hall–Kier alpha value is -3.19. The number of hydrogen-bond acceptors (Lipinski definition) is 4. The van der Waals surface area contributed by atoms with Gasteiger partial charge in [-0.05, 0) is 30.7 Å². The first-order chi connectivity index (χ1) is 12.5. The molecular formula is C18H15ClN4O3. The Labute approximate surface area is 154 Å². The number of carbonyl (C=O) groups excluding carboxylic acids is 1. The summed E-state index contributed by atoms with van der Waals surface area (Å²) in [5, 5.41) is 18.7. The third-order valence-electron chi connectivity index (χ3n) is 3.95. The molecule has 0 bridgehead atoms. The number of hydrogen-bond donors (Lipinski definition) is 1. The van der Waals surface area contributed by atoms with E-state index < -0.39 is 10.8 Å². The number of rotatable bonds is 5. The Morgan fingerprint density at radius 1 is 1.23 bits per heavy atom. The van der Waals surface area contributed by atoms with E-state index in [4.69, 9.17) is 11.6 Å². The van der Waals surface area contributed by atoms with E-state index in [-0.39, 0.29) is 11.3 Å². The minimum atomic E-state index is -0.503. The molecule has 0 unspecified atom stereocenters. The van der Waals surface area contributed by atoms with Crippen LogP contribution in [-0.2, 0) is 6.54 Å². The Kier molecular flexibility index (Phi) is 4.99. The van der Waals surface area contributed by atoms with Gasteiger partial charge < -0.3 is 5.32 Å². The summed E-state index contributed by atoms with van der Waals surface area (Å²) < 4.78 is 1.63. The Balaban J connectivity index is 1.81. The van der Waals surface area contributed by atoms with Crippen molar-refractivity contribution in [2.45, 2.75) is 13.5 Å². The maximum Gasteiger partial charge on any atom is 0.273 e. The molecule has 7 nitrogen and oxygen atoms in total. The summed E-state index contributed by atoms with van der Waals surface area (Å²) in [5.41, 5.74) is 1.45. The smallest absolute Gasteiger partial charge is 0.273 e. The van der Waals surface area contributed by atoms with E-state index in [1.165, 1.54) is 12.1 Å². The minimum Gasteiger partial charge on any atom is -0.307 e. The molecular weight excluding hydrogens is 356 g/mol. The number of amides is 1. The van der Waals surface area contributed by atoms with Gasteiger partial charge in [-0.3, -0.25) is 14.9 Å². The molecule has 0 aliphatic carbocycles. The highest BCUT2D eigenvalue weighted by molar-refractivity contribution is 6.30. The standard InChI is InChI=1S/C18H15ClN4O3/c1-12-15(3-2-4-16(12)23(25)26)18(24)21-17-9-10-20-22(17)11-13-5-7-14(19)8-6-13/h2-10H,11H2,1H3,(H,21,24). The molecule has 3 aromatic rings. The summed E-state index contributed by atoms with van der Waals surface area (Å²) in [7, 11) is 0. The molecule has 0 saturated carbocycles. The van der Waals surface area contributed by atoms with Crippen LogP contribution in [0, 0.1) is 17.0 Å². The molecule has 1 aromatic heterocycles. The molecule has 0 spiro atoms. The average Bonchev–Trinajstić information content (AvgIpc) is 3.03. The van der Waals surface area contributed by atoms with E-state index >= 15 is 0 Å². The number of nitrogens with zero attached hydrogens (tertiary/aromatic N) is 3. The SMILES string of the molecule is Cc1c(C(=O)Nc2ccnn2Cc2ccc(Cl)cc2)cccc1[N+](=O)[O-]. The maximum atomic E-state index is 12.6. The number of nitro groups is 1. The van der Waals surface area contributed by atoms with Crippen LogP contribution in [0.15, 0.2) is 54.7 Å². The zero-order valence-electron chi connectivity index (χ0n) is 13.8. The predicted molar refractivity (Wildman–Crippen MR) is 98.6 cm³/mol. The van der Waals surface area contributed by atoms with Crippen molar-refractivity contribution in [1.29, 1.82) is 0 Å². The number of aromatic nitrogens is 2. The second kappa shape index (κ2) is 7.37. The van der Waals surface area contributed by atoms with Gasteiger partial charge >= 0.3 is 0 Å². The summed E-state index contributed by atoms with van der Waals surface area (Å²) in [5.74, 6) is 0.0694. The van der Waals surface area contributed by atoms with Crippen molar-refractivity contribution in [2.24, 2.45) is 0 Å². The van der Waals surface area contributed by atoms with Gasteiger partial charge in [0.25, 0.3) is 11.6 Å². The highest BCUT2D eigenvalue weighted by Gasteiger charge is 2.19. The molecule has 0 aliphatic heterocycles. The lowest BCUT2D eigenvalue weighted by Crippen LogP contribution is -2.17. The lowest BCUT2D eigenvalue weighted by atomic mass is 10.1. The van der Waals surface area contributed by atoms with Crippen LogP contribution < -0.4 is 5.32 Å². The highest BCUT2D eigenvalue weighted by Crippen LogP contribution is 2.22. The molecule has 0 radical (unpaired) electrons. The fourth-order valence-electron chi connectivity index (χ4n) is 2.58. The van der Waals surface area contributed by atoms with E-state index in [9.17, 15) is 14.9 Å². The summed E-state index contributed by atoms with van der Waals surface area (Å²) >= 11 is 5.88. The predicted octanol–water partition coefficient (Wildman–Crippen LogP) is 4.05. The number of halogens is 1. The van der Waals surface area contributed by atoms with Crippen LogP contribution in [0.5, 0.6) is 0 Å². The van der Waals surface area contributed by atoms with E-state index in [2.05, 4.69) is 10.4 Å². The fourth-order valence-corrected chi connectivity index (χ4v) is 2.70. The molecule has 0 saturated heterocycles. The van der Waals surface area contributed by atoms with Crippen molar-refractivity contribution in [2.75, 3.05) is 5.32 Å². The number of nitro benzene ring substituents is 1. The van der Waals surface area contributed by atoms with E-state index in [0.717, 1.165) is 5.56 Å². The molecule has 2 aromatic carbocycles. The van der Waals surface area contributed by atoms with Gasteiger partial charge in [0.05, 0.1) is 17.7 Å². The zero-order chi connectivity index (χ0) is 18.7. The molecule has 0 aliphatic rings. The normalized spacial score (nSPS) is 10.5. The van der Waals surface area contributed by atoms with Crippen LogP contribution >= 0.6 is 11.6 Å². The van der Waals surface area contributed by atoms with Gasteiger partial charge in [0.1, 0.15) is 5.82 Å². The van der Waals surface area contributed by atoms with Crippen LogP contribution in [0.1, 0.15) is 21.5 Å². The molecule has 0 atom stereocenters. The number of benzene rings is 2. The van der Waals surface area contributed by atoms with Crippen molar-refractivity contribution in [3.8, 4) is 0 Å². The lowest BCUT2D eigenvalue weighted by molar-refractivity contribution is -0.385. The van der Waals surface area contributed by atoms with Gasteiger partial charge in [0.15, 0.2) is 0 Å². The van der Waals surface area contributed by atoms with Crippen LogP contribution in [-0.4, -0.2) is 20.6 Å². The second-order valence-corrected chi connectivity index (χ2v) is 6.10. The van der Waals surface area contributed by atoms with Crippen molar-refractivity contribution in [1.82, 2.24) is 9.78 Å². The molecule has 1 N–H and O–H groups in total. The number of carbonyl (C=O) groups is 1. The van der Waals surface area contributed by atoms with Crippen LogP contribution in [0.4, 0.5) is 11.5 Å². The monoisotopic (exact) mass is 370 g/mol. The van der Waals surface area contributed by atoms with Crippen LogP contribution in [0.3, 0.4) is 0 Å². The molecule has 1 heterocycles. The van der Waals surface area contributed by atoms with Gasteiger partial charge in [-0.1, -0.05) is 29.8 Å². The lowest BCUT2D eigenvalue weighted by Gasteiger charge is -2.10. The average molecular weight is 371 g/mol. The second-order valence-electron chi connectivity index (χ2n) is 5.66. The fraction of sp³-hybridized carbons (Fsp3) is 0.111. The van der Waals surface area contributed by atoms with E-state index in [0.29, 0.717) is 22.9 Å². The third-order valence-corrected chi connectivity index (χ3v) is 4.20. The van der Waals surface area contributed by atoms with Gasteiger partial charge in [0, 0.05) is 28.3 Å². The quantitative estimate of drug-likeness (QED) is 0.541. The Morgan fingerprint density at radius 2 is 1.96 bits per heavy atom.